The van der Waals surface area contributed by atoms with Crippen LogP contribution in [0.5, 0.6) is 0 Å². The van der Waals surface area contributed by atoms with Crippen LogP contribution in [0.3, 0.4) is 0 Å². The van der Waals surface area contributed by atoms with Gasteiger partial charge in [-0.1, -0.05) is 25.1 Å². The van der Waals surface area contributed by atoms with Gasteiger partial charge in [0.25, 0.3) is 0 Å². The molecule has 1 saturated heterocycles. The summed E-state index contributed by atoms with van der Waals surface area (Å²) in [5.74, 6) is 0.992. The molecule has 1 fully saturated rings. The molecule has 0 aliphatic carbocycles. The third kappa shape index (κ3) is 2.66. The first-order chi connectivity index (χ1) is 9.24. The summed E-state index contributed by atoms with van der Waals surface area (Å²) in [7, 11) is 0. The average molecular weight is 258 g/mol. The van der Waals surface area contributed by atoms with Crippen molar-refractivity contribution in [3.8, 4) is 0 Å². The van der Waals surface area contributed by atoms with Gasteiger partial charge in [0, 0.05) is 18.8 Å². The minimum Gasteiger partial charge on any atom is -0.311 e. The maximum Gasteiger partial charge on any atom is 0.241 e. The molecule has 19 heavy (non-hydrogen) atoms. The number of piperidine rings is 1. The molecule has 3 heteroatoms. The van der Waals surface area contributed by atoms with Crippen LogP contribution in [0.15, 0.2) is 24.3 Å². The number of carbonyl (C=O) groups excluding carboxylic acids is 1. The number of rotatable bonds is 2. The summed E-state index contributed by atoms with van der Waals surface area (Å²) in [6.07, 6.45) is 3.53. The van der Waals surface area contributed by atoms with Crippen LogP contribution in [0.1, 0.15) is 25.3 Å². The van der Waals surface area contributed by atoms with Crippen molar-refractivity contribution in [1.82, 2.24) is 4.90 Å². The van der Waals surface area contributed by atoms with Crippen molar-refractivity contribution in [1.29, 1.82) is 0 Å². The molecule has 0 bridgehead atoms. The number of hydrogen-bond donors (Lipinski definition) is 0. The zero-order chi connectivity index (χ0) is 13.2. The zero-order valence-electron chi connectivity index (χ0n) is 11.6. The van der Waals surface area contributed by atoms with E-state index < -0.39 is 0 Å². The van der Waals surface area contributed by atoms with Gasteiger partial charge < -0.3 is 4.90 Å². The first kappa shape index (κ1) is 12.7. The van der Waals surface area contributed by atoms with Crippen LogP contribution in [-0.4, -0.2) is 37.0 Å². The van der Waals surface area contributed by atoms with Crippen molar-refractivity contribution in [2.75, 3.05) is 31.1 Å². The highest BCUT2D eigenvalue weighted by Gasteiger charge is 2.26. The summed E-state index contributed by atoms with van der Waals surface area (Å²) < 4.78 is 0. The van der Waals surface area contributed by atoms with Crippen LogP contribution in [-0.2, 0) is 11.2 Å². The Morgan fingerprint density at radius 3 is 3.00 bits per heavy atom. The van der Waals surface area contributed by atoms with Crippen LogP contribution in [0.4, 0.5) is 5.69 Å². The minimum absolute atomic E-state index is 0.263. The molecule has 0 saturated carbocycles. The van der Waals surface area contributed by atoms with Gasteiger partial charge in [-0.25, -0.2) is 0 Å². The standard InChI is InChI=1S/C16H22N2O/c1-13-5-4-9-17(11-13)12-16(19)18-10-8-14-6-2-3-7-15(14)18/h2-3,6-7,13H,4-5,8-12H2,1H3. The number of fused-ring (bicyclic) bond motifs is 1. The van der Waals surface area contributed by atoms with Crippen molar-refractivity contribution in [3.05, 3.63) is 29.8 Å². The second kappa shape index (κ2) is 5.33. The van der Waals surface area contributed by atoms with E-state index in [4.69, 9.17) is 0 Å². The lowest BCUT2D eigenvalue weighted by Gasteiger charge is -2.31. The molecule has 0 spiro atoms. The maximum absolute atomic E-state index is 12.5. The summed E-state index contributed by atoms with van der Waals surface area (Å²) in [5.41, 5.74) is 2.43. The monoisotopic (exact) mass is 258 g/mol. The van der Waals surface area contributed by atoms with E-state index in [0.717, 1.165) is 37.7 Å². The molecule has 2 aliphatic heterocycles. The molecule has 2 aliphatic rings. The molecular formula is C16H22N2O. The Hall–Kier alpha value is -1.35. The van der Waals surface area contributed by atoms with Crippen molar-refractivity contribution < 1.29 is 4.79 Å². The summed E-state index contributed by atoms with van der Waals surface area (Å²) in [6, 6.07) is 8.27. The van der Waals surface area contributed by atoms with Gasteiger partial charge in [0.05, 0.1) is 6.54 Å². The van der Waals surface area contributed by atoms with E-state index in [1.165, 1.54) is 18.4 Å². The molecule has 0 N–H and O–H groups in total. The second-order valence-electron chi connectivity index (χ2n) is 5.91. The molecule has 1 amide bonds. The molecule has 1 aromatic rings. The molecule has 102 valence electrons. The Bertz CT molecular complexity index is 472. The first-order valence-electron chi connectivity index (χ1n) is 7.34. The van der Waals surface area contributed by atoms with Gasteiger partial charge in [-0.15, -0.1) is 0 Å². The second-order valence-corrected chi connectivity index (χ2v) is 5.91. The lowest BCUT2D eigenvalue weighted by molar-refractivity contribution is -0.120. The molecule has 3 nitrogen and oxygen atoms in total. The fourth-order valence-corrected chi connectivity index (χ4v) is 3.30. The summed E-state index contributed by atoms with van der Waals surface area (Å²) >= 11 is 0. The van der Waals surface area contributed by atoms with Gasteiger partial charge in [-0.2, -0.15) is 0 Å². The maximum atomic E-state index is 12.5. The molecule has 1 atom stereocenters. The van der Waals surface area contributed by atoms with E-state index in [-0.39, 0.29) is 5.91 Å². The van der Waals surface area contributed by atoms with Gasteiger partial charge in [-0.05, 0) is 43.4 Å². The minimum atomic E-state index is 0.263. The number of benzene rings is 1. The van der Waals surface area contributed by atoms with Gasteiger partial charge in [-0.3, -0.25) is 9.69 Å². The fraction of sp³-hybridized carbons (Fsp3) is 0.562. The SMILES string of the molecule is CC1CCCN(CC(=O)N2CCc3ccccc32)C1. The topological polar surface area (TPSA) is 23.6 Å². The normalized spacial score (nSPS) is 23.4. The van der Waals surface area contributed by atoms with Crippen LogP contribution in [0, 0.1) is 5.92 Å². The lowest BCUT2D eigenvalue weighted by Crippen LogP contribution is -2.43. The Morgan fingerprint density at radius 2 is 2.16 bits per heavy atom. The fourth-order valence-electron chi connectivity index (χ4n) is 3.30. The number of para-hydroxylation sites is 1. The van der Waals surface area contributed by atoms with E-state index in [1.54, 1.807) is 0 Å². The number of likely N-dealkylation sites (tertiary alicyclic amines) is 1. The van der Waals surface area contributed by atoms with E-state index in [9.17, 15) is 4.79 Å². The number of carbonyl (C=O) groups is 1. The highest BCUT2D eigenvalue weighted by atomic mass is 16.2. The van der Waals surface area contributed by atoms with E-state index in [2.05, 4.69) is 30.0 Å². The Balaban J connectivity index is 1.65. The molecule has 1 aromatic carbocycles. The Kier molecular flexibility index (Phi) is 3.56. The summed E-state index contributed by atoms with van der Waals surface area (Å²) in [4.78, 5) is 16.8. The van der Waals surface area contributed by atoms with Gasteiger partial charge in [0.2, 0.25) is 5.91 Å². The van der Waals surface area contributed by atoms with Gasteiger partial charge in [0.15, 0.2) is 0 Å². The summed E-state index contributed by atoms with van der Waals surface area (Å²) in [6.45, 7) is 5.86. The Morgan fingerprint density at radius 1 is 1.32 bits per heavy atom. The number of anilines is 1. The zero-order valence-corrected chi connectivity index (χ0v) is 11.6. The van der Waals surface area contributed by atoms with Gasteiger partial charge >= 0.3 is 0 Å². The van der Waals surface area contributed by atoms with Crippen molar-refractivity contribution in [2.24, 2.45) is 5.92 Å². The van der Waals surface area contributed by atoms with Crippen LogP contribution < -0.4 is 4.90 Å². The molecule has 0 radical (unpaired) electrons. The average Bonchev–Trinajstić information content (AvgIpc) is 2.82. The van der Waals surface area contributed by atoms with Crippen molar-refractivity contribution in [2.45, 2.75) is 26.2 Å². The Labute approximate surface area is 115 Å². The smallest absolute Gasteiger partial charge is 0.241 e. The summed E-state index contributed by atoms with van der Waals surface area (Å²) in [5, 5.41) is 0. The van der Waals surface area contributed by atoms with Crippen molar-refractivity contribution >= 4 is 11.6 Å². The predicted octanol–water partition coefficient (Wildman–Crippen LogP) is 2.31. The quantitative estimate of drug-likeness (QED) is 0.812. The highest BCUT2D eigenvalue weighted by Crippen LogP contribution is 2.27. The molecule has 0 aromatic heterocycles. The van der Waals surface area contributed by atoms with Crippen LogP contribution in [0.25, 0.3) is 0 Å². The number of hydrogen-bond acceptors (Lipinski definition) is 2. The van der Waals surface area contributed by atoms with Crippen LogP contribution in [0.2, 0.25) is 0 Å². The van der Waals surface area contributed by atoms with E-state index in [1.807, 2.05) is 11.0 Å². The predicted molar refractivity (Wildman–Crippen MR) is 77.3 cm³/mol. The lowest BCUT2D eigenvalue weighted by atomic mass is 10.0. The largest absolute Gasteiger partial charge is 0.311 e. The molecule has 3 rings (SSSR count). The molecular weight excluding hydrogens is 236 g/mol. The number of nitrogens with zero attached hydrogens (tertiary/aromatic N) is 2. The van der Waals surface area contributed by atoms with E-state index in [0.29, 0.717) is 6.54 Å². The first-order valence-corrected chi connectivity index (χ1v) is 7.34. The van der Waals surface area contributed by atoms with Crippen molar-refractivity contribution in [3.63, 3.8) is 0 Å². The molecule has 1 unspecified atom stereocenters. The third-order valence-electron chi connectivity index (χ3n) is 4.29. The van der Waals surface area contributed by atoms with Crippen LogP contribution >= 0.6 is 0 Å². The van der Waals surface area contributed by atoms with Gasteiger partial charge in [0.1, 0.15) is 0 Å². The number of amides is 1. The third-order valence-corrected chi connectivity index (χ3v) is 4.29. The van der Waals surface area contributed by atoms with E-state index >= 15 is 0 Å². The molecule has 2 heterocycles. The highest BCUT2D eigenvalue weighted by molar-refractivity contribution is 5.96.